The summed E-state index contributed by atoms with van der Waals surface area (Å²) in [4.78, 5) is 12.7. The van der Waals surface area contributed by atoms with Gasteiger partial charge in [0.1, 0.15) is 0 Å². The topological polar surface area (TPSA) is 89.0 Å². The molecule has 0 radical (unpaired) electrons. The summed E-state index contributed by atoms with van der Waals surface area (Å²) in [6, 6.07) is 13.7. The summed E-state index contributed by atoms with van der Waals surface area (Å²) in [5, 5.41) is 12.3. The van der Waals surface area contributed by atoms with Crippen LogP contribution in [-0.2, 0) is 9.84 Å². The molecule has 0 bridgehead atoms. The number of amides is 1. The summed E-state index contributed by atoms with van der Waals surface area (Å²) in [7, 11) is -3.38. The summed E-state index contributed by atoms with van der Waals surface area (Å²) in [5.41, 5.74) is 1.88. The van der Waals surface area contributed by atoms with E-state index in [-0.39, 0.29) is 10.9 Å². The number of nitrogens with one attached hydrogen (secondary N) is 1. The van der Waals surface area contributed by atoms with Crippen molar-refractivity contribution in [2.24, 2.45) is 0 Å². The van der Waals surface area contributed by atoms with Gasteiger partial charge in [0.05, 0.1) is 10.6 Å². The lowest BCUT2D eigenvalue weighted by Crippen LogP contribution is -2.10. The first-order valence-corrected chi connectivity index (χ1v) is 9.70. The molecule has 0 saturated heterocycles. The third-order valence-corrected chi connectivity index (χ3v) is 5.03. The Labute approximate surface area is 143 Å². The van der Waals surface area contributed by atoms with Gasteiger partial charge < -0.3 is 5.32 Å². The largest absolute Gasteiger partial charge is 0.321 e. The number of thiophene rings is 1. The van der Waals surface area contributed by atoms with Crippen LogP contribution < -0.4 is 5.32 Å². The van der Waals surface area contributed by atoms with E-state index in [0.717, 1.165) is 11.8 Å². The minimum Gasteiger partial charge on any atom is -0.321 e. The maximum atomic E-state index is 12.1. The standard InChI is InChI=1S/C16H13N3O3S2/c1-24(21,22)15-8-7-13(18-19-15)11-4-2-5-12(10-11)17-16(20)14-6-3-9-23-14/h2-10H,1H3,(H,17,20). The Morgan fingerprint density at radius 3 is 2.54 bits per heavy atom. The van der Waals surface area contributed by atoms with Gasteiger partial charge in [-0.1, -0.05) is 18.2 Å². The third kappa shape index (κ3) is 3.66. The van der Waals surface area contributed by atoms with Gasteiger partial charge in [-0.05, 0) is 35.7 Å². The Kier molecular flexibility index (Phi) is 4.41. The SMILES string of the molecule is CS(=O)(=O)c1ccc(-c2cccc(NC(=O)c3cccs3)c2)nn1. The van der Waals surface area contributed by atoms with Gasteiger partial charge in [-0.15, -0.1) is 21.5 Å². The quantitative estimate of drug-likeness (QED) is 0.774. The second-order valence-corrected chi connectivity index (χ2v) is 7.95. The minimum atomic E-state index is -3.38. The monoisotopic (exact) mass is 359 g/mol. The molecule has 3 rings (SSSR count). The van der Waals surface area contributed by atoms with Gasteiger partial charge in [0.15, 0.2) is 14.9 Å². The molecule has 0 unspecified atom stereocenters. The molecule has 6 nitrogen and oxygen atoms in total. The van der Waals surface area contributed by atoms with Crippen molar-refractivity contribution in [3.63, 3.8) is 0 Å². The molecule has 1 aromatic carbocycles. The highest BCUT2D eigenvalue weighted by molar-refractivity contribution is 7.90. The molecule has 0 aliphatic rings. The normalized spacial score (nSPS) is 11.2. The number of aromatic nitrogens is 2. The second-order valence-electron chi connectivity index (χ2n) is 5.04. The number of nitrogens with zero attached hydrogens (tertiary/aromatic N) is 2. The zero-order valence-corrected chi connectivity index (χ0v) is 14.3. The Balaban J connectivity index is 1.84. The van der Waals surface area contributed by atoms with E-state index in [4.69, 9.17) is 0 Å². The van der Waals surface area contributed by atoms with Gasteiger partial charge in [-0.2, -0.15) is 0 Å². The number of carbonyl (C=O) groups is 1. The molecular weight excluding hydrogens is 346 g/mol. The molecule has 0 fully saturated rings. The molecule has 24 heavy (non-hydrogen) atoms. The van der Waals surface area contributed by atoms with E-state index >= 15 is 0 Å². The fraction of sp³-hybridized carbons (Fsp3) is 0.0625. The molecule has 1 amide bonds. The molecule has 2 heterocycles. The summed E-state index contributed by atoms with van der Waals surface area (Å²) in [6.45, 7) is 0. The van der Waals surface area contributed by atoms with E-state index in [0.29, 0.717) is 16.3 Å². The van der Waals surface area contributed by atoms with E-state index < -0.39 is 9.84 Å². The van der Waals surface area contributed by atoms with Crippen molar-refractivity contribution in [1.29, 1.82) is 0 Å². The molecule has 0 spiro atoms. The lowest BCUT2D eigenvalue weighted by atomic mass is 10.1. The van der Waals surface area contributed by atoms with Crippen molar-refractivity contribution in [2.45, 2.75) is 5.03 Å². The van der Waals surface area contributed by atoms with E-state index in [1.54, 1.807) is 30.3 Å². The van der Waals surface area contributed by atoms with Gasteiger partial charge in [-0.3, -0.25) is 4.79 Å². The van der Waals surface area contributed by atoms with Crippen LogP contribution >= 0.6 is 11.3 Å². The molecule has 1 N–H and O–H groups in total. The Hall–Kier alpha value is -2.58. The zero-order valence-electron chi connectivity index (χ0n) is 12.6. The molecule has 122 valence electrons. The summed E-state index contributed by atoms with van der Waals surface area (Å²) in [6.07, 6.45) is 1.08. The zero-order chi connectivity index (χ0) is 17.2. The highest BCUT2D eigenvalue weighted by atomic mass is 32.2. The van der Waals surface area contributed by atoms with Gasteiger partial charge in [0.2, 0.25) is 0 Å². The van der Waals surface area contributed by atoms with Crippen molar-refractivity contribution in [1.82, 2.24) is 10.2 Å². The minimum absolute atomic E-state index is 0.0756. The van der Waals surface area contributed by atoms with Gasteiger partial charge >= 0.3 is 0 Å². The lowest BCUT2D eigenvalue weighted by Gasteiger charge is -2.06. The second kappa shape index (κ2) is 6.50. The van der Waals surface area contributed by atoms with Crippen LogP contribution in [-0.4, -0.2) is 30.8 Å². The molecule has 8 heteroatoms. The molecule has 3 aromatic rings. The number of sulfone groups is 1. The maximum absolute atomic E-state index is 12.1. The van der Waals surface area contributed by atoms with Crippen LogP contribution in [0.15, 0.2) is 58.9 Å². The van der Waals surface area contributed by atoms with Gasteiger partial charge in [-0.25, -0.2) is 8.42 Å². The number of anilines is 1. The molecule has 0 atom stereocenters. The molecule has 0 aliphatic heterocycles. The smallest absolute Gasteiger partial charge is 0.265 e. The predicted octanol–water partition coefficient (Wildman–Crippen LogP) is 2.86. The average Bonchev–Trinajstić information content (AvgIpc) is 3.09. The number of rotatable bonds is 4. The van der Waals surface area contributed by atoms with Crippen LogP contribution in [0.4, 0.5) is 5.69 Å². The Morgan fingerprint density at radius 1 is 1.08 bits per heavy atom. The Bertz CT molecular complexity index is 966. The van der Waals surface area contributed by atoms with Gasteiger partial charge in [0, 0.05) is 17.5 Å². The van der Waals surface area contributed by atoms with Gasteiger partial charge in [0.25, 0.3) is 5.91 Å². The predicted molar refractivity (Wildman–Crippen MR) is 92.9 cm³/mol. The van der Waals surface area contributed by atoms with Crippen LogP contribution in [0, 0.1) is 0 Å². The fourth-order valence-corrected chi connectivity index (χ4v) is 3.15. The first-order chi connectivity index (χ1) is 11.4. The number of hydrogen-bond acceptors (Lipinski definition) is 6. The first-order valence-electron chi connectivity index (χ1n) is 6.92. The lowest BCUT2D eigenvalue weighted by molar-refractivity contribution is 0.103. The maximum Gasteiger partial charge on any atom is 0.265 e. The highest BCUT2D eigenvalue weighted by Crippen LogP contribution is 2.22. The molecule has 0 saturated carbocycles. The Morgan fingerprint density at radius 2 is 1.92 bits per heavy atom. The number of carbonyl (C=O) groups excluding carboxylic acids is 1. The summed E-state index contributed by atoms with van der Waals surface area (Å²) >= 11 is 1.36. The van der Waals surface area contributed by atoms with Crippen molar-refractivity contribution >= 4 is 32.8 Å². The van der Waals surface area contributed by atoms with Crippen LogP contribution in [0.5, 0.6) is 0 Å². The third-order valence-electron chi connectivity index (χ3n) is 3.18. The van der Waals surface area contributed by atoms with Crippen molar-refractivity contribution in [3.05, 3.63) is 58.8 Å². The average molecular weight is 359 g/mol. The van der Waals surface area contributed by atoms with Crippen LogP contribution in [0.25, 0.3) is 11.3 Å². The van der Waals surface area contributed by atoms with Crippen molar-refractivity contribution < 1.29 is 13.2 Å². The first kappa shape index (κ1) is 16.3. The van der Waals surface area contributed by atoms with E-state index in [9.17, 15) is 13.2 Å². The van der Waals surface area contributed by atoms with Crippen LogP contribution in [0.1, 0.15) is 9.67 Å². The molecule has 2 aromatic heterocycles. The fourth-order valence-electron chi connectivity index (χ4n) is 2.03. The van der Waals surface area contributed by atoms with Crippen LogP contribution in [0.3, 0.4) is 0 Å². The molecular formula is C16H13N3O3S2. The summed E-state index contributed by atoms with van der Waals surface area (Å²) in [5.74, 6) is -0.180. The molecule has 0 aliphatic carbocycles. The van der Waals surface area contributed by atoms with Crippen molar-refractivity contribution in [2.75, 3.05) is 11.6 Å². The van der Waals surface area contributed by atoms with Crippen molar-refractivity contribution in [3.8, 4) is 11.3 Å². The highest BCUT2D eigenvalue weighted by Gasteiger charge is 2.11. The van der Waals surface area contributed by atoms with E-state index in [1.165, 1.54) is 17.4 Å². The number of benzene rings is 1. The van der Waals surface area contributed by atoms with E-state index in [2.05, 4.69) is 15.5 Å². The van der Waals surface area contributed by atoms with Crippen LogP contribution in [0.2, 0.25) is 0 Å². The van der Waals surface area contributed by atoms with E-state index in [1.807, 2.05) is 17.5 Å². The summed E-state index contributed by atoms with van der Waals surface area (Å²) < 4.78 is 22.8. The number of hydrogen-bond donors (Lipinski definition) is 1.